The van der Waals surface area contributed by atoms with Crippen LogP contribution in [0.3, 0.4) is 0 Å². The van der Waals surface area contributed by atoms with Gasteiger partial charge in [0.25, 0.3) is 0 Å². The van der Waals surface area contributed by atoms with Crippen LogP contribution in [-0.4, -0.2) is 14.8 Å². The number of benzene rings is 2. The van der Waals surface area contributed by atoms with Gasteiger partial charge >= 0.3 is 0 Å². The van der Waals surface area contributed by atoms with Crippen molar-refractivity contribution in [1.82, 2.24) is 9.72 Å². The third-order valence-corrected chi connectivity index (χ3v) is 4.87. The lowest BCUT2D eigenvalue weighted by Crippen LogP contribution is -2.00. The van der Waals surface area contributed by atoms with Crippen LogP contribution in [0.25, 0.3) is 27.8 Å². The summed E-state index contributed by atoms with van der Waals surface area (Å²) in [7, 11) is 0. The number of para-hydroxylation sites is 1. The number of fused-ring (bicyclic) bond motifs is 1. The molecule has 1 unspecified atom stereocenters. The van der Waals surface area contributed by atoms with Gasteiger partial charge in [0.1, 0.15) is 17.6 Å². The summed E-state index contributed by atoms with van der Waals surface area (Å²) in [6.07, 6.45) is 0. The van der Waals surface area contributed by atoms with Gasteiger partial charge in [-0.1, -0.05) is 28.5 Å². The molecule has 136 valence electrons. The second-order valence-corrected chi connectivity index (χ2v) is 6.61. The molecule has 4 rings (SSSR count). The van der Waals surface area contributed by atoms with Crippen molar-refractivity contribution < 1.29 is 9.63 Å². The van der Waals surface area contributed by atoms with Crippen LogP contribution in [0.1, 0.15) is 30.0 Å². The van der Waals surface area contributed by atoms with E-state index in [9.17, 15) is 10.0 Å². The van der Waals surface area contributed by atoms with Crippen LogP contribution < -0.4 is 0 Å². The van der Waals surface area contributed by atoms with E-state index in [2.05, 4.69) is 14.9 Å². The maximum atomic E-state index is 11.5. The van der Waals surface area contributed by atoms with Crippen molar-refractivity contribution in [2.45, 2.75) is 26.8 Å². The Bertz CT molecular complexity index is 1120. The Balaban J connectivity index is 2.20. The number of hydrogen-bond donors (Lipinski definition) is 1. The minimum absolute atomic E-state index is 0.192. The SMILES string of the molecule is Cc1noc(C)c1-c1c(C(C)N=O)c2ccccc2n1-c1ccc(O)cc1. The van der Waals surface area contributed by atoms with Crippen LogP contribution in [0.15, 0.2) is 58.2 Å². The van der Waals surface area contributed by atoms with Crippen molar-refractivity contribution in [3.05, 3.63) is 70.5 Å². The maximum absolute atomic E-state index is 11.5. The van der Waals surface area contributed by atoms with Crippen LogP contribution in [0.5, 0.6) is 5.75 Å². The van der Waals surface area contributed by atoms with Crippen LogP contribution in [0.2, 0.25) is 0 Å². The predicted octanol–water partition coefficient (Wildman–Crippen LogP) is 5.44. The highest BCUT2D eigenvalue weighted by molar-refractivity contribution is 5.95. The predicted molar refractivity (Wildman–Crippen MR) is 104 cm³/mol. The minimum atomic E-state index is -0.544. The van der Waals surface area contributed by atoms with E-state index in [1.165, 1.54) is 0 Å². The van der Waals surface area contributed by atoms with E-state index in [4.69, 9.17) is 4.52 Å². The molecule has 0 aliphatic rings. The van der Waals surface area contributed by atoms with E-state index >= 15 is 0 Å². The average Bonchev–Trinajstić information content (AvgIpc) is 3.18. The number of phenolic OH excluding ortho intramolecular Hbond substituents is 1. The fourth-order valence-electron chi connectivity index (χ4n) is 3.68. The Morgan fingerprint density at radius 3 is 2.44 bits per heavy atom. The van der Waals surface area contributed by atoms with Gasteiger partial charge in [0.15, 0.2) is 0 Å². The first kappa shape index (κ1) is 17.0. The fraction of sp³-hybridized carbons (Fsp3) is 0.190. The van der Waals surface area contributed by atoms with Gasteiger partial charge in [-0.25, -0.2) is 0 Å². The zero-order valence-electron chi connectivity index (χ0n) is 15.3. The van der Waals surface area contributed by atoms with Gasteiger partial charge in [0, 0.05) is 16.6 Å². The zero-order valence-corrected chi connectivity index (χ0v) is 15.3. The smallest absolute Gasteiger partial charge is 0.143 e. The number of aromatic nitrogens is 2. The van der Waals surface area contributed by atoms with Gasteiger partial charge in [-0.3, -0.25) is 0 Å². The van der Waals surface area contributed by atoms with Gasteiger partial charge in [-0.15, -0.1) is 0 Å². The molecule has 6 heteroatoms. The third-order valence-electron chi connectivity index (χ3n) is 4.87. The van der Waals surface area contributed by atoms with E-state index in [-0.39, 0.29) is 5.75 Å². The first-order valence-electron chi connectivity index (χ1n) is 8.71. The fourth-order valence-corrected chi connectivity index (χ4v) is 3.68. The number of nitrogens with zero attached hydrogens (tertiary/aromatic N) is 3. The zero-order chi connectivity index (χ0) is 19.1. The summed E-state index contributed by atoms with van der Waals surface area (Å²) in [5.74, 6) is 0.868. The molecule has 0 spiro atoms. The Morgan fingerprint density at radius 2 is 1.81 bits per heavy atom. The van der Waals surface area contributed by atoms with E-state index < -0.39 is 6.04 Å². The van der Waals surface area contributed by atoms with Crippen molar-refractivity contribution in [2.75, 3.05) is 0 Å². The highest BCUT2D eigenvalue weighted by Crippen LogP contribution is 2.42. The molecular formula is C21H19N3O3. The highest BCUT2D eigenvalue weighted by atomic mass is 16.5. The molecule has 0 radical (unpaired) electrons. The second kappa shape index (κ2) is 6.39. The van der Waals surface area contributed by atoms with Gasteiger partial charge in [0.2, 0.25) is 0 Å². The van der Waals surface area contributed by atoms with Gasteiger partial charge in [0.05, 0.1) is 22.5 Å². The van der Waals surface area contributed by atoms with E-state index in [1.54, 1.807) is 19.1 Å². The number of hydrogen-bond acceptors (Lipinski definition) is 5. The lowest BCUT2D eigenvalue weighted by Gasteiger charge is -2.13. The normalized spacial score (nSPS) is 12.4. The molecule has 1 atom stereocenters. The topological polar surface area (TPSA) is 80.6 Å². The molecule has 2 aromatic heterocycles. The molecule has 0 saturated heterocycles. The molecule has 6 nitrogen and oxygen atoms in total. The number of nitroso groups, excluding NO2 is 1. The molecule has 2 aromatic carbocycles. The monoisotopic (exact) mass is 361 g/mol. The third kappa shape index (κ3) is 2.61. The van der Waals surface area contributed by atoms with Crippen molar-refractivity contribution in [3.8, 4) is 22.7 Å². The van der Waals surface area contributed by atoms with Gasteiger partial charge < -0.3 is 14.2 Å². The van der Waals surface area contributed by atoms with Crippen LogP contribution in [0.4, 0.5) is 0 Å². The largest absolute Gasteiger partial charge is 0.508 e. The molecule has 27 heavy (non-hydrogen) atoms. The molecular weight excluding hydrogens is 342 g/mol. The minimum Gasteiger partial charge on any atom is -0.508 e. The molecule has 0 saturated carbocycles. The number of aryl methyl sites for hydroxylation is 2. The lowest BCUT2D eigenvalue weighted by molar-refractivity contribution is 0.393. The van der Waals surface area contributed by atoms with E-state index in [0.717, 1.165) is 39.1 Å². The molecule has 4 aromatic rings. The summed E-state index contributed by atoms with van der Waals surface area (Å²) in [4.78, 5) is 11.5. The summed E-state index contributed by atoms with van der Waals surface area (Å²) in [6, 6.07) is 14.3. The van der Waals surface area contributed by atoms with Crippen molar-refractivity contribution in [1.29, 1.82) is 0 Å². The van der Waals surface area contributed by atoms with Gasteiger partial charge in [-0.2, -0.15) is 4.91 Å². The summed E-state index contributed by atoms with van der Waals surface area (Å²) < 4.78 is 7.48. The summed E-state index contributed by atoms with van der Waals surface area (Å²) in [5.41, 5.74) is 5.08. The first-order chi connectivity index (χ1) is 13.0. The lowest BCUT2D eigenvalue weighted by atomic mass is 9.99. The Morgan fingerprint density at radius 1 is 1.11 bits per heavy atom. The van der Waals surface area contributed by atoms with Crippen molar-refractivity contribution in [2.24, 2.45) is 5.18 Å². The van der Waals surface area contributed by atoms with Gasteiger partial charge in [-0.05, 0) is 51.1 Å². The maximum Gasteiger partial charge on any atom is 0.143 e. The van der Waals surface area contributed by atoms with Crippen LogP contribution in [-0.2, 0) is 0 Å². The Labute approximate surface area is 156 Å². The number of aromatic hydroxyl groups is 1. The van der Waals surface area contributed by atoms with Crippen molar-refractivity contribution in [3.63, 3.8) is 0 Å². The molecule has 1 N–H and O–H groups in total. The second-order valence-electron chi connectivity index (χ2n) is 6.61. The first-order valence-corrected chi connectivity index (χ1v) is 8.71. The quantitative estimate of drug-likeness (QED) is 0.491. The molecule has 0 bridgehead atoms. The summed E-state index contributed by atoms with van der Waals surface area (Å²) in [6.45, 7) is 5.53. The number of rotatable bonds is 4. The van der Waals surface area contributed by atoms with E-state index in [0.29, 0.717) is 5.76 Å². The van der Waals surface area contributed by atoms with Crippen LogP contribution >= 0.6 is 0 Å². The van der Waals surface area contributed by atoms with Crippen LogP contribution in [0, 0.1) is 18.8 Å². The highest BCUT2D eigenvalue weighted by Gasteiger charge is 2.27. The summed E-state index contributed by atoms with van der Waals surface area (Å²) in [5, 5.41) is 18.1. The molecule has 2 heterocycles. The molecule has 0 fully saturated rings. The average molecular weight is 361 g/mol. The standard InChI is InChI=1S/C21H19N3O3/c1-12(22-26)20-17-6-4-5-7-18(17)24(15-8-10-16(25)11-9-15)21(20)19-13(2)23-27-14(19)3/h4-12,25H,1-3H3. The Kier molecular flexibility index (Phi) is 4.03. The molecule has 0 aliphatic heterocycles. The molecule has 0 amide bonds. The molecule has 0 aliphatic carbocycles. The van der Waals surface area contributed by atoms with Crippen molar-refractivity contribution >= 4 is 10.9 Å². The summed E-state index contributed by atoms with van der Waals surface area (Å²) >= 11 is 0. The Hall–Kier alpha value is -3.41. The van der Waals surface area contributed by atoms with E-state index in [1.807, 2.05) is 50.2 Å². The number of phenols is 1.